The van der Waals surface area contributed by atoms with Crippen molar-refractivity contribution >= 4 is 0 Å². The summed E-state index contributed by atoms with van der Waals surface area (Å²) in [6.07, 6.45) is 0. The highest BCUT2D eigenvalue weighted by molar-refractivity contribution is 5.27. The van der Waals surface area contributed by atoms with E-state index in [1.807, 2.05) is 12.1 Å². The molecule has 0 radical (unpaired) electrons. The predicted octanol–water partition coefficient (Wildman–Crippen LogP) is 2.45. The summed E-state index contributed by atoms with van der Waals surface area (Å²) in [5, 5.41) is 3.57. The van der Waals surface area contributed by atoms with Crippen LogP contribution in [0.5, 0.6) is 5.75 Å². The number of rotatable bonds is 4. The van der Waals surface area contributed by atoms with Crippen LogP contribution in [0, 0.1) is 6.92 Å². The number of ether oxygens (including phenoxy) is 1. The Kier molecular flexibility index (Phi) is 4.48. The van der Waals surface area contributed by atoms with E-state index >= 15 is 0 Å². The van der Waals surface area contributed by atoms with E-state index in [1.54, 1.807) is 0 Å². The fourth-order valence-electron chi connectivity index (χ4n) is 2.56. The molecule has 1 heterocycles. The van der Waals surface area contributed by atoms with Gasteiger partial charge in [0.05, 0.1) is 0 Å². The number of hydrogen-bond donors (Lipinski definition) is 1. The maximum Gasteiger partial charge on any atom is 0.119 e. The molecule has 1 unspecified atom stereocenters. The number of nitrogens with zero attached hydrogens (tertiary/aromatic N) is 1. The monoisotopic (exact) mass is 262 g/mol. The van der Waals surface area contributed by atoms with Crippen molar-refractivity contribution in [2.45, 2.75) is 39.3 Å². The second-order valence-corrected chi connectivity index (χ2v) is 6.25. The number of piperazine rings is 1. The van der Waals surface area contributed by atoms with Gasteiger partial charge in [0.15, 0.2) is 0 Å². The Labute approximate surface area is 116 Å². The fourth-order valence-corrected chi connectivity index (χ4v) is 2.56. The largest absolute Gasteiger partial charge is 0.492 e. The van der Waals surface area contributed by atoms with Crippen LogP contribution >= 0.6 is 0 Å². The van der Waals surface area contributed by atoms with Gasteiger partial charge in [-0.15, -0.1) is 0 Å². The fraction of sp³-hybridized carbons (Fsp3) is 0.625. The Hall–Kier alpha value is -1.06. The van der Waals surface area contributed by atoms with Crippen molar-refractivity contribution in [1.29, 1.82) is 0 Å². The Balaban J connectivity index is 1.81. The summed E-state index contributed by atoms with van der Waals surface area (Å²) in [5.41, 5.74) is 1.45. The maximum absolute atomic E-state index is 5.84. The lowest BCUT2D eigenvalue weighted by Gasteiger charge is -2.43. The van der Waals surface area contributed by atoms with Crippen molar-refractivity contribution in [2.75, 3.05) is 26.2 Å². The third-order valence-corrected chi connectivity index (χ3v) is 3.73. The lowest BCUT2D eigenvalue weighted by molar-refractivity contribution is 0.0887. The molecule has 0 aromatic heterocycles. The lowest BCUT2D eigenvalue weighted by atomic mass is 9.99. The molecule has 0 amide bonds. The zero-order valence-corrected chi connectivity index (χ0v) is 12.6. The topological polar surface area (TPSA) is 24.5 Å². The number of aryl methyl sites for hydroxylation is 1. The lowest BCUT2D eigenvalue weighted by Crippen LogP contribution is -2.61. The molecule has 1 saturated heterocycles. The highest BCUT2D eigenvalue weighted by Crippen LogP contribution is 2.16. The van der Waals surface area contributed by atoms with Gasteiger partial charge in [0.2, 0.25) is 0 Å². The third kappa shape index (κ3) is 4.22. The van der Waals surface area contributed by atoms with Crippen LogP contribution in [0.1, 0.15) is 26.3 Å². The zero-order valence-electron chi connectivity index (χ0n) is 12.6. The second-order valence-electron chi connectivity index (χ2n) is 6.25. The van der Waals surface area contributed by atoms with Crippen LogP contribution in [0.2, 0.25) is 0 Å². The van der Waals surface area contributed by atoms with Crippen molar-refractivity contribution < 1.29 is 4.74 Å². The van der Waals surface area contributed by atoms with Gasteiger partial charge in [-0.2, -0.15) is 0 Å². The molecule has 1 N–H and O–H groups in total. The number of nitrogens with one attached hydrogen (secondary N) is 1. The minimum atomic E-state index is 0.204. The highest BCUT2D eigenvalue weighted by atomic mass is 16.5. The van der Waals surface area contributed by atoms with Gasteiger partial charge in [0.1, 0.15) is 12.4 Å². The van der Waals surface area contributed by atoms with Crippen molar-refractivity contribution in [1.82, 2.24) is 10.2 Å². The molecule has 1 aromatic carbocycles. The molecule has 3 heteroatoms. The molecule has 1 aliphatic heterocycles. The quantitative estimate of drug-likeness (QED) is 0.902. The van der Waals surface area contributed by atoms with Crippen molar-refractivity contribution in [2.24, 2.45) is 0 Å². The van der Waals surface area contributed by atoms with E-state index in [1.165, 1.54) is 5.56 Å². The number of benzene rings is 1. The van der Waals surface area contributed by atoms with Gasteiger partial charge in [-0.1, -0.05) is 12.1 Å². The molecule has 0 bridgehead atoms. The molecular weight excluding hydrogens is 236 g/mol. The van der Waals surface area contributed by atoms with E-state index in [0.29, 0.717) is 6.04 Å². The van der Waals surface area contributed by atoms with Crippen LogP contribution in [0.15, 0.2) is 24.3 Å². The first-order valence-corrected chi connectivity index (χ1v) is 7.15. The van der Waals surface area contributed by atoms with Crippen LogP contribution in [-0.4, -0.2) is 42.7 Å². The molecule has 1 aliphatic rings. The van der Waals surface area contributed by atoms with Crippen LogP contribution in [0.3, 0.4) is 0 Å². The summed E-state index contributed by atoms with van der Waals surface area (Å²) in [7, 11) is 0. The zero-order chi connectivity index (χ0) is 13.9. The Bertz CT molecular complexity index is 417. The van der Waals surface area contributed by atoms with E-state index in [-0.39, 0.29) is 5.54 Å². The van der Waals surface area contributed by atoms with Gasteiger partial charge in [0.25, 0.3) is 0 Å². The minimum absolute atomic E-state index is 0.204. The molecule has 1 aromatic rings. The first-order chi connectivity index (χ1) is 8.96. The summed E-state index contributed by atoms with van der Waals surface area (Å²) in [6.45, 7) is 12.7. The summed E-state index contributed by atoms with van der Waals surface area (Å²) in [4.78, 5) is 2.51. The van der Waals surface area contributed by atoms with Gasteiger partial charge in [-0.05, 0) is 45.4 Å². The minimum Gasteiger partial charge on any atom is -0.492 e. The van der Waals surface area contributed by atoms with Crippen LogP contribution in [-0.2, 0) is 0 Å². The van der Waals surface area contributed by atoms with E-state index in [9.17, 15) is 0 Å². The molecule has 1 fully saturated rings. The average Bonchev–Trinajstić information content (AvgIpc) is 2.34. The first kappa shape index (κ1) is 14.4. The van der Waals surface area contributed by atoms with E-state index in [0.717, 1.165) is 32.0 Å². The molecule has 1 atom stereocenters. The van der Waals surface area contributed by atoms with Gasteiger partial charge in [-0.25, -0.2) is 0 Å². The Morgan fingerprint density at radius 3 is 2.95 bits per heavy atom. The van der Waals surface area contributed by atoms with Gasteiger partial charge < -0.3 is 10.1 Å². The van der Waals surface area contributed by atoms with Crippen molar-refractivity contribution in [3.63, 3.8) is 0 Å². The highest BCUT2D eigenvalue weighted by Gasteiger charge is 2.29. The van der Waals surface area contributed by atoms with E-state index in [4.69, 9.17) is 4.74 Å². The molecule has 3 nitrogen and oxygen atoms in total. The number of hydrogen-bond acceptors (Lipinski definition) is 3. The van der Waals surface area contributed by atoms with Gasteiger partial charge in [-0.3, -0.25) is 4.90 Å². The summed E-state index contributed by atoms with van der Waals surface area (Å²) < 4.78 is 5.84. The molecule has 0 aliphatic carbocycles. The van der Waals surface area contributed by atoms with Gasteiger partial charge >= 0.3 is 0 Å². The molecule has 19 heavy (non-hydrogen) atoms. The second kappa shape index (κ2) is 5.93. The van der Waals surface area contributed by atoms with Crippen LogP contribution in [0.4, 0.5) is 0 Å². The Morgan fingerprint density at radius 1 is 1.42 bits per heavy atom. The van der Waals surface area contributed by atoms with Crippen molar-refractivity contribution in [3.8, 4) is 5.75 Å². The summed E-state index contributed by atoms with van der Waals surface area (Å²) in [5.74, 6) is 0.974. The molecule has 0 spiro atoms. The maximum atomic E-state index is 5.84. The third-order valence-electron chi connectivity index (χ3n) is 3.73. The van der Waals surface area contributed by atoms with Crippen LogP contribution in [0.25, 0.3) is 0 Å². The van der Waals surface area contributed by atoms with Gasteiger partial charge in [0, 0.05) is 31.2 Å². The Morgan fingerprint density at radius 2 is 2.21 bits per heavy atom. The summed E-state index contributed by atoms with van der Waals surface area (Å²) >= 11 is 0. The van der Waals surface area contributed by atoms with E-state index < -0.39 is 0 Å². The molecule has 0 saturated carbocycles. The normalized spacial score (nSPS) is 23.3. The van der Waals surface area contributed by atoms with Crippen LogP contribution < -0.4 is 10.1 Å². The predicted molar refractivity (Wildman–Crippen MR) is 79.8 cm³/mol. The first-order valence-electron chi connectivity index (χ1n) is 7.15. The SMILES string of the molecule is Cc1cccc(OCCN2CC(C)(C)NCC2C)c1. The van der Waals surface area contributed by atoms with Crippen molar-refractivity contribution in [3.05, 3.63) is 29.8 Å². The van der Waals surface area contributed by atoms with E-state index in [2.05, 4.69) is 50.0 Å². The smallest absolute Gasteiger partial charge is 0.119 e. The molecule has 2 rings (SSSR count). The standard InChI is InChI=1S/C16H26N2O/c1-13-6-5-7-15(10-13)19-9-8-18-12-16(3,4)17-11-14(18)2/h5-7,10,14,17H,8-9,11-12H2,1-4H3. The average molecular weight is 262 g/mol. The molecular formula is C16H26N2O. The summed E-state index contributed by atoms with van der Waals surface area (Å²) in [6, 6.07) is 8.83. The molecule has 106 valence electrons.